The lowest BCUT2D eigenvalue weighted by molar-refractivity contribution is -0.274. The molecule has 1 fully saturated rings. The molecule has 1 saturated heterocycles. The standard InChI is InChI=1S/C13H14F3N3O/c14-13(15,16)20-11-3-1-10(2-4-11)12(9-17)19-7-5-18-6-8-19/h1-4,12,18H,5-8H2. The zero-order chi connectivity index (χ0) is 14.6. The van der Waals surface area contributed by atoms with E-state index in [1.165, 1.54) is 24.3 Å². The highest BCUT2D eigenvalue weighted by atomic mass is 19.4. The summed E-state index contributed by atoms with van der Waals surface area (Å²) in [6, 6.07) is 7.20. The summed E-state index contributed by atoms with van der Waals surface area (Å²) in [5.41, 5.74) is 0.670. The summed E-state index contributed by atoms with van der Waals surface area (Å²) in [6.45, 7) is 3.07. The van der Waals surface area contributed by atoms with Crippen LogP contribution in [0.5, 0.6) is 5.75 Å². The van der Waals surface area contributed by atoms with E-state index in [-0.39, 0.29) is 5.75 Å². The number of ether oxygens (including phenoxy) is 1. The molecule has 1 aliphatic heterocycles. The van der Waals surface area contributed by atoms with Gasteiger partial charge >= 0.3 is 6.36 Å². The summed E-state index contributed by atoms with van der Waals surface area (Å²) in [5.74, 6) is -0.279. The van der Waals surface area contributed by atoms with E-state index in [1.54, 1.807) is 0 Å². The SMILES string of the molecule is N#CC(c1ccc(OC(F)(F)F)cc1)N1CCNCC1. The van der Waals surface area contributed by atoms with E-state index in [0.29, 0.717) is 5.56 Å². The highest BCUT2D eigenvalue weighted by molar-refractivity contribution is 5.32. The van der Waals surface area contributed by atoms with Gasteiger partial charge in [0.05, 0.1) is 6.07 Å². The molecule has 0 bridgehead atoms. The minimum absolute atomic E-state index is 0.279. The maximum Gasteiger partial charge on any atom is 0.573 e. The molecule has 1 N–H and O–H groups in total. The van der Waals surface area contributed by atoms with E-state index in [4.69, 9.17) is 0 Å². The molecule has 1 heterocycles. The fraction of sp³-hybridized carbons (Fsp3) is 0.462. The Morgan fingerprint density at radius 3 is 2.30 bits per heavy atom. The molecule has 0 aromatic heterocycles. The maximum atomic E-state index is 12.1. The van der Waals surface area contributed by atoms with Gasteiger partial charge in [-0.25, -0.2) is 0 Å². The van der Waals surface area contributed by atoms with Crippen molar-refractivity contribution in [2.45, 2.75) is 12.4 Å². The molecule has 1 aliphatic rings. The molecule has 0 aliphatic carbocycles. The van der Waals surface area contributed by atoms with Crippen LogP contribution in [0.3, 0.4) is 0 Å². The number of hydrogen-bond donors (Lipinski definition) is 1. The molecule has 0 spiro atoms. The summed E-state index contributed by atoms with van der Waals surface area (Å²) in [4.78, 5) is 2.00. The highest BCUT2D eigenvalue weighted by Gasteiger charge is 2.31. The fourth-order valence-electron chi connectivity index (χ4n) is 2.16. The minimum Gasteiger partial charge on any atom is -0.406 e. The normalized spacial score (nSPS) is 18.3. The van der Waals surface area contributed by atoms with Crippen LogP contribution < -0.4 is 10.1 Å². The van der Waals surface area contributed by atoms with Crippen molar-refractivity contribution in [3.05, 3.63) is 29.8 Å². The topological polar surface area (TPSA) is 48.3 Å². The average molecular weight is 285 g/mol. The van der Waals surface area contributed by atoms with Crippen molar-refractivity contribution in [3.8, 4) is 11.8 Å². The van der Waals surface area contributed by atoms with Crippen molar-refractivity contribution >= 4 is 0 Å². The van der Waals surface area contributed by atoms with Crippen molar-refractivity contribution in [1.29, 1.82) is 5.26 Å². The first-order valence-electron chi connectivity index (χ1n) is 6.20. The summed E-state index contributed by atoms with van der Waals surface area (Å²) in [6.07, 6.45) is -4.70. The van der Waals surface area contributed by atoms with Crippen LogP contribution in [0.25, 0.3) is 0 Å². The fourth-order valence-corrected chi connectivity index (χ4v) is 2.16. The first-order valence-corrected chi connectivity index (χ1v) is 6.20. The Bertz CT molecular complexity index is 475. The Balaban J connectivity index is 2.09. The van der Waals surface area contributed by atoms with Crippen LogP contribution >= 0.6 is 0 Å². The Kier molecular flexibility index (Phi) is 4.47. The van der Waals surface area contributed by atoms with Gasteiger partial charge in [0.2, 0.25) is 0 Å². The molecule has 7 heteroatoms. The predicted octanol–water partition coefficient (Wildman–Crippen LogP) is 2.06. The molecule has 0 saturated carbocycles. The lowest BCUT2D eigenvalue weighted by atomic mass is 10.1. The van der Waals surface area contributed by atoms with E-state index < -0.39 is 12.4 Å². The smallest absolute Gasteiger partial charge is 0.406 e. The number of hydrogen-bond acceptors (Lipinski definition) is 4. The van der Waals surface area contributed by atoms with E-state index in [9.17, 15) is 18.4 Å². The molecule has 4 nitrogen and oxygen atoms in total. The van der Waals surface area contributed by atoms with Gasteiger partial charge in [0.1, 0.15) is 11.8 Å². The molecule has 1 atom stereocenters. The van der Waals surface area contributed by atoms with Crippen LogP contribution in [0.1, 0.15) is 11.6 Å². The molecule has 2 rings (SSSR count). The summed E-state index contributed by atoms with van der Waals surface area (Å²) >= 11 is 0. The Morgan fingerprint density at radius 2 is 1.80 bits per heavy atom. The zero-order valence-electron chi connectivity index (χ0n) is 10.7. The lowest BCUT2D eigenvalue weighted by Gasteiger charge is -2.31. The number of alkyl halides is 3. The second-order valence-electron chi connectivity index (χ2n) is 4.43. The van der Waals surface area contributed by atoms with Gasteiger partial charge in [-0.2, -0.15) is 5.26 Å². The van der Waals surface area contributed by atoms with Crippen LogP contribution in [0.15, 0.2) is 24.3 Å². The van der Waals surface area contributed by atoms with Crippen LogP contribution in [-0.4, -0.2) is 37.4 Å². The van der Waals surface area contributed by atoms with E-state index in [0.717, 1.165) is 26.2 Å². The van der Waals surface area contributed by atoms with Gasteiger partial charge in [0.15, 0.2) is 0 Å². The van der Waals surface area contributed by atoms with E-state index in [1.807, 2.05) is 4.90 Å². The van der Waals surface area contributed by atoms with Crippen molar-refractivity contribution in [3.63, 3.8) is 0 Å². The number of benzene rings is 1. The summed E-state index contributed by atoms with van der Waals surface area (Å²) < 4.78 is 40.0. The molecular weight excluding hydrogens is 271 g/mol. The molecule has 1 aromatic rings. The van der Waals surface area contributed by atoms with Gasteiger partial charge in [0, 0.05) is 26.2 Å². The van der Waals surface area contributed by atoms with Crippen molar-refractivity contribution < 1.29 is 17.9 Å². The van der Waals surface area contributed by atoms with Crippen LogP contribution in [-0.2, 0) is 0 Å². The minimum atomic E-state index is -4.70. The number of nitriles is 1. The molecule has 1 unspecified atom stereocenters. The molecule has 20 heavy (non-hydrogen) atoms. The van der Waals surface area contributed by atoms with E-state index >= 15 is 0 Å². The number of rotatable bonds is 3. The number of halogens is 3. The molecule has 0 radical (unpaired) electrons. The molecule has 0 amide bonds. The second-order valence-corrected chi connectivity index (χ2v) is 4.43. The van der Waals surface area contributed by atoms with E-state index in [2.05, 4.69) is 16.1 Å². The van der Waals surface area contributed by atoms with Crippen molar-refractivity contribution in [1.82, 2.24) is 10.2 Å². The second kappa shape index (κ2) is 6.11. The Morgan fingerprint density at radius 1 is 1.20 bits per heavy atom. The predicted molar refractivity (Wildman–Crippen MR) is 65.9 cm³/mol. The van der Waals surface area contributed by atoms with Gasteiger partial charge in [-0.05, 0) is 17.7 Å². The monoisotopic (exact) mass is 285 g/mol. The van der Waals surface area contributed by atoms with Crippen molar-refractivity contribution in [2.75, 3.05) is 26.2 Å². The largest absolute Gasteiger partial charge is 0.573 e. The first kappa shape index (κ1) is 14.6. The van der Waals surface area contributed by atoms with Crippen LogP contribution in [0.4, 0.5) is 13.2 Å². The zero-order valence-corrected chi connectivity index (χ0v) is 10.7. The highest BCUT2D eigenvalue weighted by Crippen LogP contribution is 2.26. The quantitative estimate of drug-likeness (QED) is 0.923. The number of piperazine rings is 1. The third-order valence-electron chi connectivity index (χ3n) is 3.07. The molecule has 108 valence electrons. The van der Waals surface area contributed by atoms with Crippen LogP contribution in [0.2, 0.25) is 0 Å². The average Bonchev–Trinajstić information content (AvgIpc) is 2.41. The Hall–Kier alpha value is -1.78. The summed E-state index contributed by atoms with van der Waals surface area (Å²) in [5, 5.41) is 12.4. The lowest BCUT2D eigenvalue weighted by Crippen LogP contribution is -2.44. The van der Waals surface area contributed by atoms with Crippen LogP contribution in [0, 0.1) is 11.3 Å². The van der Waals surface area contributed by atoms with Gasteiger partial charge < -0.3 is 10.1 Å². The maximum absolute atomic E-state index is 12.1. The first-order chi connectivity index (χ1) is 9.49. The third-order valence-corrected chi connectivity index (χ3v) is 3.07. The van der Waals surface area contributed by atoms with Gasteiger partial charge in [-0.3, -0.25) is 4.90 Å². The summed E-state index contributed by atoms with van der Waals surface area (Å²) in [7, 11) is 0. The number of nitrogens with zero attached hydrogens (tertiary/aromatic N) is 2. The van der Waals surface area contributed by atoms with Gasteiger partial charge in [-0.15, -0.1) is 13.2 Å². The number of nitrogens with one attached hydrogen (secondary N) is 1. The Labute approximate surface area is 114 Å². The van der Waals surface area contributed by atoms with Gasteiger partial charge in [0.25, 0.3) is 0 Å². The van der Waals surface area contributed by atoms with Crippen molar-refractivity contribution in [2.24, 2.45) is 0 Å². The third kappa shape index (κ3) is 3.85. The molecular formula is C13H14F3N3O. The molecule has 1 aromatic carbocycles. The van der Waals surface area contributed by atoms with Gasteiger partial charge in [-0.1, -0.05) is 12.1 Å².